The largest absolute Gasteiger partial charge is 0.300 e. The van der Waals surface area contributed by atoms with Gasteiger partial charge in [-0.15, -0.1) is 11.3 Å². The number of hydrogen-bond donors (Lipinski definition) is 0. The lowest BCUT2D eigenvalue weighted by Crippen LogP contribution is -2.30. The van der Waals surface area contributed by atoms with E-state index in [1.165, 1.54) is 35.7 Å². The lowest BCUT2D eigenvalue weighted by Gasteiger charge is -2.31. The maximum Gasteiger partial charge on any atom is 0.0328 e. The van der Waals surface area contributed by atoms with E-state index in [4.69, 9.17) is 0 Å². The van der Waals surface area contributed by atoms with Crippen LogP contribution in [-0.4, -0.2) is 18.5 Å². The number of aryl methyl sites for hydroxylation is 1. The molecule has 0 bridgehead atoms. The molecule has 2 aliphatic rings. The van der Waals surface area contributed by atoms with E-state index in [0.29, 0.717) is 5.92 Å². The predicted octanol–water partition coefficient (Wildman–Crippen LogP) is 4.97. The van der Waals surface area contributed by atoms with Crippen molar-refractivity contribution in [3.63, 3.8) is 0 Å². The number of likely N-dealkylation sites (N-methyl/N-ethyl adjacent to an activating group) is 1. The van der Waals surface area contributed by atoms with Gasteiger partial charge in [0, 0.05) is 33.2 Å². The Balaban J connectivity index is 1.83. The third-order valence-electron chi connectivity index (χ3n) is 4.82. The summed E-state index contributed by atoms with van der Waals surface area (Å²) in [6, 6.07) is 8.96. The highest BCUT2D eigenvalue weighted by Crippen LogP contribution is 2.44. The Hall–Kier alpha value is -0.640. The zero-order valence-corrected chi connectivity index (χ0v) is 14.8. The van der Waals surface area contributed by atoms with E-state index in [1.54, 1.807) is 20.9 Å². The molecule has 1 unspecified atom stereocenters. The molecule has 0 amide bonds. The van der Waals surface area contributed by atoms with E-state index >= 15 is 0 Å². The first-order valence-corrected chi connectivity index (χ1v) is 9.40. The number of rotatable bonds is 1. The molecule has 1 aromatic heterocycles. The van der Waals surface area contributed by atoms with Crippen LogP contribution >= 0.6 is 27.3 Å². The summed E-state index contributed by atoms with van der Waals surface area (Å²) in [5.41, 5.74) is 4.87. The van der Waals surface area contributed by atoms with Crippen molar-refractivity contribution in [1.29, 1.82) is 0 Å². The molecule has 0 spiro atoms. The number of benzene rings is 1. The van der Waals surface area contributed by atoms with E-state index in [1.807, 2.05) is 0 Å². The third kappa shape index (κ3) is 2.49. The number of halogens is 1. The maximum absolute atomic E-state index is 3.56. The second-order valence-corrected chi connectivity index (χ2v) is 8.45. The molecule has 1 aliphatic carbocycles. The van der Waals surface area contributed by atoms with E-state index < -0.39 is 0 Å². The van der Waals surface area contributed by atoms with Crippen molar-refractivity contribution in [2.45, 2.75) is 38.1 Å². The van der Waals surface area contributed by atoms with Gasteiger partial charge in [0.2, 0.25) is 0 Å². The van der Waals surface area contributed by atoms with Crippen molar-refractivity contribution >= 4 is 27.3 Å². The van der Waals surface area contributed by atoms with Crippen LogP contribution in [0.4, 0.5) is 0 Å². The van der Waals surface area contributed by atoms with Crippen LogP contribution in [-0.2, 0) is 19.4 Å². The molecule has 0 N–H and O–H groups in total. The molecule has 1 nitrogen and oxygen atoms in total. The maximum atomic E-state index is 3.56. The van der Waals surface area contributed by atoms with Crippen molar-refractivity contribution in [3.8, 4) is 0 Å². The fourth-order valence-electron chi connectivity index (χ4n) is 3.85. The van der Waals surface area contributed by atoms with Gasteiger partial charge in [0.25, 0.3) is 0 Å². The van der Waals surface area contributed by atoms with Gasteiger partial charge in [0.15, 0.2) is 0 Å². The van der Waals surface area contributed by atoms with Crippen LogP contribution in [0.2, 0.25) is 0 Å². The van der Waals surface area contributed by atoms with E-state index in [9.17, 15) is 0 Å². The van der Waals surface area contributed by atoms with Crippen molar-refractivity contribution < 1.29 is 0 Å². The van der Waals surface area contributed by atoms with Gasteiger partial charge in [-0.25, -0.2) is 0 Å². The van der Waals surface area contributed by atoms with Crippen molar-refractivity contribution in [2.24, 2.45) is 0 Å². The first-order chi connectivity index (χ1) is 10.2. The second-order valence-electron chi connectivity index (χ2n) is 6.35. The van der Waals surface area contributed by atoms with Crippen molar-refractivity contribution in [1.82, 2.24) is 4.90 Å². The molecular weight excluding hydrogens is 342 g/mol. The molecule has 21 heavy (non-hydrogen) atoms. The molecule has 2 heterocycles. The van der Waals surface area contributed by atoms with Gasteiger partial charge in [-0.05, 0) is 61.6 Å². The van der Waals surface area contributed by atoms with Gasteiger partial charge in [-0.2, -0.15) is 0 Å². The number of nitrogens with zero attached hydrogens (tertiary/aromatic N) is 1. The quantitative estimate of drug-likeness (QED) is 0.693. The SMILES string of the molecule is CN1Cc2sc3c(c2C(c2ccc(Br)cc2)C1)CCCC3. The minimum atomic E-state index is 0.560. The lowest BCUT2D eigenvalue weighted by atomic mass is 9.82. The zero-order chi connectivity index (χ0) is 14.4. The highest BCUT2D eigenvalue weighted by Gasteiger charge is 2.31. The summed E-state index contributed by atoms with van der Waals surface area (Å²) in [4.78, 5) is 5.80. The number of fused-ring (bicyclic) bond motifs is 3. The smallest absolute Gasteiger partial charge is 0.0328 e. The van der Waals surface area contributed by atoms with Crippen LogP contribution in [0.1, 0.15) is 45.2 Å². The molecule has 0 fully saturated rings. The molecule has 1 aromatic carbocycles. The number of hydrogen-bond acceptors (Lipinski definition) is 2. The Kier molecular flexibility index (Phi) is 3.68. The molecule has 2 aromatic rings. The highest BCUT2D eigenvalue weighted by atomic mass is 79.9. The lowest BCUT2D eigenvalue weighted by molar-refractivity contribution is 0.298. The minimum Gasteiger partial charge on any atom is -0.300 e. The van der Waals surface area contributed by atoms with Crippen molar-refractivity contribution in [3.05, 3.63) is 55.2 Å². The first kappa shape index (κ1) is 14.0. The summed E-state index contributed by atoms with van der Waals surface area (Å²) in [6.07, 6.45) is 5.37. The van der Waals surface area contributed by atoms with Gasteiger partial charge in [-0.1, -0.05) is 28.1 Å². The zero-order valence-electron chi connectivity index (χ0n) is 12.4. The Morgan fingerprint density at radius 2 is 1.86 bits per heavy atom. The molecule has 0 saturated carbocycles. The predicted molar refractivity (Wildman–Crippen MR) is 93.3 cm³/mol. The van der Waals surface area contributed by atoms with Crippen LogP contribution in [0.25, 0.3) is 0 Å². The molecule has 4 rings (SSSR count). The van der Waals surface area contributed by atoms with Gasteiger partial charge in [0.1, 0.15) is 0 Å². The Labute approximate surface area is 139 Å². The fourth-order valence-corrected chi connectivity index (χ4v) is 5.65. The summed E-state index contributed by atoms with van der Waals surface area (Å²) < 4.78 is 1.17. The molecular formula is C18H20BrNS. The second kappa shape index (κ2) is 5.53. The van der Waals surface area contributed by atoms with Crippen LogP contribution in [0.15, 0.2) is 28.7 Å². The normalized spacial score (nSPS) is 21.9. The summed E-state index contributed by atoms with van der Waals surface area (Å²) in [5, 5.41) is 0. The van der Waals surface area contributed by atoms with Crippen molar-refractivity contribution in [2.75, 3.05) is 13.6 Å². The Bertz CT molecular complexity index is 659. The Morgan fingerprint density at radius 1 is 1.10 bits per heavy atom. The molecule has 110 valence electrons. The third-order valence-corrected chi connectivity index (χ3v) is 6.64. The summed E-state index contributed by atoms with van der Waals surface area (Å²) >= 11 is 5.65. The van der Waals surface area contributed by atoms with Gasteiger partial charge >= 0.3 is 0 Å². The van der Waals surface area contributed by atoms with Gasteiger partial charge in [-0.3, -0.25) is 0 Å². The van der Waals surface area contributed by atoms with Crippen LogP contribution in [0.5, 0.6) is 0 Å². The van der Waals surface area contributed by atoms with E-state index in [2.05, 4.69) is 63.5 Å². The van der Waals surface area contributed by atoms with Crippen LogP contribution < -0.4 is 0 Å². The molecule has 0 saturated heterocycles. The Morgan fingerprint density at radius 3 is 2.67 bits per heavy atom. The summed E-state index contributed by atoms with van der Waals surface area (Å²) in [5.74, 6) is 0.560. The van der Waals surface area contributed by atoms with E-state index in [-0.39, 0.29) is 0 Å². The minimum absolute atomic E-state index is 0.560. The fraction of sp³-hybridized carbons (Fsp3) is 0.444. The number of thiophene rings is 1. The average Bonchev–Trinajstić information content (AvgIpc) is 2.85. The van der Waals surface area contributed by atoms with Crippen LogP contribution in [0.3, 0.4) is 0 Å². The van der Waals surface area contributed by atoms with Crippen LogP contribution in [0, 0.1) is 0 Å². The molecule has 3 heteroatoms. The van der Waals surface area contributed by atoms with Gasteiger partial charge < -0.3 is 4.90 Å². The average molecular weight is 362 g/mol. The molecule has 0 radical (unpaired) electrons. The molecule has 1 aliphatic heterocycles. The van der Waals surface area contributed by atoms with E-state index in [0.717, 1.165) is 13.1 Å². The first-order valence-electron chi connectivity index (χ1n) is 7.79. The monoisotopic (exact) mass is 361 g/mol. The summed E-state index contributed by atoms with van der Waals surface area (Å²) in [7, 11) is 2.26. The topological polar surface area (TPSA) is 3.24 Å². The standard InChI is InChI=1S/C18H20BrNS/c1-20-10-15(12-6-8-13(19)9-7-12)18-14-4-2-3-5-16(14)21-17(18)11-20/h6-9,15H,2-5,10-11H2,1H3. The molecule has 1 atom stereocenters. The highest BCUT2D eigenvalue weighted by molar-refractivity contribution is 9.10. The summed E-state index contributed by atoms with van der Waals surface area (Å²) in [6.45, 7) is 2.29. The van der Waals surface area contributed by atoms with Gasteiger partial charge in [0.05, 0.1) is 0 Å².